The molecule has 2 N–H and O–H groups in total. The maximum Gasteiger partial charge on any atom is 0.309 e. The number of rotatable bonds is 4. The lowest BCUT2D eigenvalue weighted by Crippen LogP contribution is -2.26. The fourth-order valence-electron chi connectivity index (χ4n) is 2.19. The number of esters is 1. The summed E-state index contributed by atoms with van der Waals surface area (Å²) in [6.45, 7) is 6.18. The maximum atomic E-state index is 11.9. The van der Waals surface area contributed by atoms with Crippen molar-refractivity contribution in [2.24, 2.45) is 5.90 Å². The third kappa shape index (κ3) is 3.71. The molecule has 1 aromatic rings. The molecule has 0 saturated carbocycles. The van der Waals surface area contributed by atoms with Crippen LogP contribution in [0.2, 0.25) is 0 Å². The summed E-state index contributed by atoms with van der Waals surface area (Å²) in [6.07, 6.45) is 0.455. The Bertz CT molecular complexity index is 493. The zero-order valence-corrected chi connectivity index (χ0v) is 12.1. The van der Waals surface area contributed by atoms with Gasteiger partial charge in [-0.2, -0.15) is 0 Å². The van der Waals surface area contributed by atoms with Crippen molar-refractivity contribution in [2.75, 3.05) is 6.61 Å². The molecule has 0 saturated heterocycles. The minimum atomic E-state index is -0.512. The van der Waals surface area contributed by atoms with Crippen molar-refractivity contribution in [3.05, 3.63) is 29.3 Å². The minimum absolute atomic E-state index is 0.0907. The van der Waals surface area contributed by atoms with E-state index < -0.39 is 11.7 Å². The van der Waals surface area contributed by atoms with E-state index in [4.69, 9.17) is 20.2 Å². The van der Waals surface area contributed by atoms with Crippen molar-refractivity contribution in [1.82, 2.24) is 0 Å². The molecule has 0 aromatic heterocycles. The number of fused-ring (bicyclic) bond motifs is 1. The van der Waals surface area contributed by atoms with Crippen LogP contribution in [0.4, 0.5) is 0 Å². The molecule has 1 aliphatic heterocycles. The van der Waals surface area contributed by atoms with E-state index in [-0.39, 0.29) is 12.4 Å². The molecule has 0 fully saturated rings. The molecule has 0 aliphatic carbocycles. The molecule has 110 valence electrons. The summed E-state index contributed by atoms with van der Waals surface area (Å²) >= 11 is 0. The molecule has 1 unspecified atom stereocenters. The highest BCUT2D eigenvalue weighted by Gasteiger charge is 2.23. The zero-order chi connectivity index (χ0) is 14.8. The predicted molar refractivity (Wildman–Crippen MR) is 74.1 cm³/mol. The molecule has 0 spiro atoms. The Hall–Kier alpha value is -1.59. The molecule has 0 bridgehead atoms. The first kappa shape index (κ1) is 14.8. The maximum absolute atomic E-state index is 11.9. The van der Waals surface area contributed by atoms with Crippen LogP contribution >= 0.6 is 0 Å². The summed E-state index contributed by atoms with van der Waals surface area (Å²) in [5.74, 6) is 5.88. The van der Waals surface area contributed by atoms with Gasteiger partial charge in [-0.15, -0.1) is 0 Å². The van der Waals surface area contributed by atoms with Crippen LogP contribution in [-0.4, -0.2) is 18.2 Å². The fourth-order valence-corrected chi connectivity index (χ4v) is 2.19. The molecule has 20 heavy (non-hydrogen) atoms. The van der Waals surface area contributed by atoms with Crippen LogP contribution < -0.4 is 10.6 Å². The number of benzene rings is 1. The lowest BCUT2D eigenvalue weighted by atomic mass is 10.0. The van der Waals surface area contributed by atoms with E-state index in [1.807, 2.05) is 39.0 Å². The quantitative estimate of drug-likeness (QED) is 0.676. The summed E-state index contributed by atoms with van der Waals surface area (Å²) in [5.41, 5.74) is 1.47. The van der Waals surface area contributed by atoms with Crippen LogP contribution in [-0.2, 0) is 20.8 Å². The van der Waals surface area contributed by atoms with Gasteiger partial charge in [0.05, 0.1) is 13.0 Å². The molecule has 0 amide bonds. The average Bonchev–Trinajstić information content (AvgIpc) is 2.80. The number of carbonyl (C=O) groups is 1. The van der Waals surface area contributed by atoms with E-state index in [1.54, 1.807) is 0 Å². The van der Waals surface area contributed by atoms with E-state index >= 15 is 0 Å². The van der Waals surface area contributed by atoms with Crippen molar-refractivity contribution in [3.63, 3.8) is 0 Å². The van der Waals surface area contributed by atoms with Gasteiger partial charge in [0.25, 0.3) is 0 Å². The smallest absolute Gasteiger partial charge is 0.309 e. The highest BCUT2D eigenvalue weighted by Crippen LogP contribution is 2.30. The largest absolute Gasteiger partial charge is 0.493 e. The van der Waals surface area contributed by atoms with Crippen LogP contribution in [0.1, 0.15) is 44.4 Å². The average molecular weight is 279 g/mol. The van der Waals surface area contributed by atoms with Crippen molar-refractivity contribution < 1.29 is 19.1 Å². The van der Waals surface area contributed by atoms with E-state index in [0.717, 1.165) is 23.3 Å². The molecule has 5 nitrogen and oxygen atoms in total. The zero-order valence-electron chi connectivity index (χ0n) is 12.1. The van der Waals surface area contributed by atoms with Crippen molar-refractivity contribution in [3.8, 4) is 5.75 Å². The Labute approximate surface area is 119 Å². The highest BCUT2D eigenvalue weighted by atomic mass is 16.6. The fraction of sp³-hybridized carbons (Fsp3) is 0.533. The monoisotopic (exact) mass is 279 g/mol. The molecule has 2 rings (SSSR count). The number of ether oxygens (including phenoxy) is 2. The molecule has 1 aromatic carbocycles. The number of nitrogens with two attached hydrogens (primary N) is 1. The Morgan fingerprint density at radius 2 is 2.20 bits per heavy atom. The summed E-state index contributed by atoms with van der Waals surface area (Å²) in [4.78, 5) is 16.8. The van der Waals surface area contributed by atoms with Crippen LogP contribution in [0.5, 0.6) is 5.75 Å². The van der Waals surface area contributed by atoms with E-state index in [9.17, 15) is 4.79 Å². The second-order valence-corrected chi connectivity index (χ2v) is 5.88. The molecule has 1 heterocycles. The Morgan fingerprint density at radius 1 is 1.45 bits per heavy atom. The van der Waals surface area contributed by atoms with Crippen LogP contribution in [0.3, 0.4) is 0 Å². The lowest BCUT2D eigenvalue weighted by molar-refractivity contribution is -0.158. The molecule has 0 radical (unpaired) electrons. The van der Waals surface area contributed by atoms with Gasteiger partial charge in [-0.3, -0.25) is 9.63 Å². The highest BCUT2D eigenvalue weighted by molar-refractivity contribution is 5.70. The van der Waals surface area contributed by atoms with Gasteiger partial charge in [0.1, 0.15) is 17.5 Å². The van der Waals surface area contributed by atoms with Crippen molar-refractivity contribution >= 4 is 5.97 Å². The number of hydrogen-bond donors (Lipinski definition) is 1. The summed E-state index contributed by atoms with van der Waals surface area (Å²) in [5, 5.41) is 0. The second-order valence-electron chi connectivity index (χ2n) is 5.88. The standard InChI is InChI=1S/C15H21NO4/c1-15(2,3)19-14(17)9-13(20-16)10-4-5-12-11(8-10)6-7-18-12/h4-5,8,13H,6-7,9,16H2,1-3H3. The Balaban J connectivity index is 2.06. The third-order valence-corrected chi connectivity index (χ3v) is 3.02. The van der Waals surface area contributed by atoms with Gasteiger partial charge >= 0.3 is 5.97 Å². The topological polar surface area (TPSA) is 70.8 Å². The Morgan fingerprint density at radius 3 is 2.85 bits per heavy atom. The summed E-state index contributed by atoms with van der Waals surface area (Å²) in [6, 6.07) is 5.73. The molecule has 1 aliphatic rings. The molecular weight excluding hydrogens is 258 g/mol. The molecular formula is C15H21NO4. The first-order valence-electron chi connectivity index (χ1n) is 6.72. The molecule has 1 atom stereocenters. The van der Waals surface area contributed by atoms with Crippen LogP contribution in [0.15, 0.2) is 18.2 Å². The SMILES string of the molecule is CC(C)(C)OC(=O)CC(ON)c1ccc2c(c1)CCO2. The van der Waals surface area contributed by atoms with E-state index in [1.165, 1.54) is 0 Å². The van der Waals surface area contributed by atoms with Gasteiger partial charge in [-0.25, -0.2) is 5.90 Å². The van der Waals surface area contributed by atoms with Gasteiger partial charge < -0.3 is 9.47 Å². The number of carbonyl (C=O) groups excluding carboxylic acids is 1. The van der Waals surface area contributed by atoms with Crippen molar-refractivity contribution in [2.45, 2.75) is 45.3 Å². The Kier molecular flexibility index (Phi) is 4.30. The van der Waals surface area contributed by atoms with E-state index in [0.29, 0.717) is 6.61 Å². The first-order chi connectivity index (χ1) is 9.39. The summed E-state index contributed by atoms with van der Waals surface area (Å²) in [7, 11) is 0. The minimum Gasteiger partial charge on any atom is -0.493 e. The van der Waals surface area contributed by atoms with Crippen LogP contribution in [0, 0.1) is 0 Å². The predicted octanol–water partition coefficient (Wildman–Crippen LogP) is 2.28. The molecule has 5 heteroatoms. The van der Waals surface area contributed by atoms with Gasteiger partial charge in [-0.05, 0) is 44.0 Å². The van der Waals surface area contributed by atoms with Gasteiger partial charge in [-0.1, -0.05) is 6.07 Å². The summed E-state index contributed by atoms with van der Waals surface area (Å²) < 4.78 is 10.7. The first-order valence-corrected chi connectivity index (χ1v) is 6.72. The number of hydrogen-bond acceptors (Lipinski definition) is 5. The second kappa shape index (κ2) is 5.81. The van der Waals surface area contributed by atoms with Crippen LogP contribution in [0.25, 0.3) is 0 Å². The van der Waals surface area contributed by atoms with Gasteiger partial charge in [0.2, 0.25) is 0 Å². The van der Waals surface area contributed by atoms with E-state index in [2.05, 4.69) is 0 Å². The van der Waals surface area contributed by atoms with Gasteiger partial charge in [0.15, 0.2) is 0 Å². The normalized spacial score (nSPS) is 15.4. The van der Waals surface area contributed by atoms with Crippen molar-refractivity contribution in [1.29, 1.82) is 0 Å². The third-order valence-electron chi connectivity index (χ3n) is 3.02. The lowest BCUT2D eigenvalue weighted by Gasteiger charge is -2.21. The van der Waals surface area contributed by atoms with Gasteiger partial charge in [0, 0.05) is 6.42 Å².